The summed E-state index contributed by atoms with van der Waals surface area (Å²) in [5.41, 5.74) is 3.61. The van der Waals surface area contributed by atoms with Crippen molar-refractivity contribution in [2.24, 2.45) is 0 Å². The van der Waals surface area contributed by atoms with E-state index in [1.54, 1.807) is 34.0 Å². The van der Waals surface area contributed by atoms with Gasteiger partial charge >= 0.3 is 0 Å². The van der Waals surface area contributed by atoms with Crippen LogP contribution in [0.2, 0.25) is 0 Å². The van der Waals surface area contributed by atoms with Crippen LogP contribution in [0.4, 0.5) is 0 Å². The quantitative estimate of drug-likeness (QED) is 0.446. The minimum Gasteiger partial charge on any atom is -0.206 e. The molecule has 0 aliphatic rings. The first kappa shape index (κ1) is 15.6. The predicted molar refractivity (Wildman–Crippen MR) is 104 cm³/mol. The van der Waals surface area contributed by atoms with Crippen LogP contribution in [0.1, 0.15) is 16.7 Å². The summed E-state index contributed by atoms with van der Waals surface area (Å²) in [6, 6.07) is 6.32. The molecule has 4 aromatic rings. The predicted octanol–water partition coefficient (Wildman–Crippen LogP) is 5.98. The minimum atomic E-state index is 0.767. The Morgan fingerprint density at radius 3 is 1.04 bits per heavy atom. The van der Waals surface area contributed by atoms with Crippen LogP contribution in [0.5, 0.6) is 0 Å². The minimum absolute atomic E-state index is 0.767. The largest absolute Gasteiger partial charge is 0.206 e. The second-order valence-corrected chi connectivity index (χ2v) is 8.35. The molecule has 0 bridgehead atoms. The highest BCUT2D eigenvalue weighted by Gasteiger charge is 2.17. The van der Waals surface area contributed by atoms with Crippen molar-refractivity contribution in [3.8, 4) is 32.1 Å². The van der Waals surface area contributed by atoms with Gasteiger partial charge in [0.25, 0.3) is 0 Å². The lowest BCUT2D eigenvalue weighted by atomic mass is 10.2. The molecule has 6 heteroatoms. The maximum Gasteiger partial charge on any atom is 0.174 e. The van der Waals surface area contributed by atoms with Gasteiger partial charge in [-0.15, -0.1) is 34.0 Å². The summed E-state index contributed by atoms with van der Waals surface area (Å²) in [5, 5.41) is 6.25. The number of aryl methyl sites for hydroxylation is 3. The molecule has 0 aliphatic heterocycles. The van der Waals surface area contributed by atoms with Gasteiger partial charge in [-0.1, -0.05) is 0 Å². The normalized spacial score (nSPS) is 11.1. The van der Waals surface area contributed by atoms with Crippen LogP contribution in [-0.4, -0.2) is 15.0 Å². The van der Waals surface area contributed by atoms with Gasteiger partial charge in [0.15, 0.2) is 17.5 Å². The van der Waals surface area contributed by atoms with E-state index in [1.807, 2.05) is 0 Å². The molecule has 0 saturated heterocycles. The highest BCUT2D eigenvalue weighted by Crippen LogP contribution is 2.34. The van der Waals surface area contributed by atoms with E-state index in [0.717, 1.165) is 32.1 Å². The highest BCUT2D eigenvalue weighted by molar-refractivity contribution is 7.14. The van der Waals surface area contributed by atoms with Gasteiger partial charge in [0, 0.05) is 0 Å². The highest BCUT2D eigenvalue weighted by atomic mass is 32.1. The maximum atomic E-state index is 4.78. The number of aromatic nitrogens is 3. The molecule has 0 radical (unpaired) electrons. The van der Waals surface area contributed by atoms with Gasteiger partial charge in [-0.25, -0.2) is 15.0 Å². The second kappa shape index (κ2) is 6.20. The third kappa shape index (κ3) is 2.70. The fourth-order valence-corrected chi connectivity index (χ4v) is 5.06. The average Bonchev–Trinajstić information content (AvgIpc) is 3.28. The van der Waals surface area contributed by atoms with Crippen molar-refractivity contribution in [3.63, 3.8) is 0 Å². The first-order chi connectivity index (χ1) is 11.6. The molecular formula is C18H15N3S3. The summed E-state index contributed by atoms with van der Waals surface area (Å²) < 4.78 is 0. The lowest BCUT2D eigenvalue weighted by Crippen LogP contribution is -1.99. The summed E-state index contributed by atoms with van der Waals surface area (Å²) in [5.74, 6) is 2.30. The SMILES string of the molecule is Cc1ccsc1-c1nc(-c2sccc2C)nc(-c2sccc2C)n1. The van der Waals surface area contributed by atoms with E-state index in [9.17, 15) is 0 Å². The van der Waals surface area contributed by atoms with Gasteiger partial charge in [-0.2, -0.15) is 0 Å². The van der Waals surface area contributed by atoms with Gasteiger partial charge < -0.3 is 0 Å². The van der Waals surface area contributed by atoms with Crippen molar-refractivity contribution in [1.82, 2.24) is 15.0 Å². The Balaban J connectivity index is 1.97. The molecule has 4 aromatic heterocycles. The zero-order chi connectivity index (χ0) is 16.7. The van der Waals surface area contributed by atoms with E-state index in [0.29, 0.717) is 0 Å². The summed E-state index contributed by atoms with van der Waals surface area (Å²) in [7, 11) is 0. The third-order valence-electron chi connectivity index (χ3n) is 3.83. The number of nitrogens with zero attached hydrogens (tertiary/aromatic N) is 3. The molecule has 0 aromatic carbocycles. The Hall–Kier alpha value is -1.89. The van der Waals surface area contributed by atoms with Gasteiger partial charge in [0.2, 0.25) is 0 Å². The summed E-state index contributed by atoms with van der Waals surface area (Å²) >= 11 is 5.03. The fraction of sp³-hybridized carbons (Fsp3) is 0.167. The van der Waals surface area contributed by atoms with Crippen LogP contribution in [0, 0.1) is 20.8 Å². The zero-order valence-corrected chi connectivity index (χ0v) is 16.0. The number of hydrogen-bond donors (Lipinski definition) is 0. The Kier molecular flexibility index (Phi) is 4.04. The van der Waals surface area contributed by atoms with Crippen molar-refractivity contribution in [2.75, 3.05) is 0 Å². The molecule has 3 nitrogen and oxygen atoms in total. The van der Waals surface area contributed by atoms with Gasteiger partial charge in [0.1, 0.15) is 0 Å². The smallest absolute Gasteiger partial charge is 0.174 e. The Bertz CT molecular complexity index is 869. The molecule has 0 atom stereocenters. The maximum absolute atomic E-state index is 4.78. The average molecular weight is 370 g/mol. The molecule has 0 N–H and O–H groups in total. The molecule has 0 aliphatic carbocycles. The van der Waals surface area contributed by atoms with E-state index in [4.69, 9.17) is 15.0 Å². The summed E-state index contributed by atoms with van der Waals surface area (Å²) in [4.78, 5) is 17.7. The molecule has 4 rings (SSSR count). The first-order valence-electron chi connectivity index (χ1n) is 7.53. The van der Waals surface area contributed by atoms with Crippen molar-refractivity contribution < 1.29 is 0 Å². The van der Waals surface area contributed by atoms with Gasteiger partial charge in [-0.05, 0) is 71.8 Å². The fourth-order valence-electron chi connectivity index (χ4n) is 2.49. The standard InChI is InChI=1S/C18H15N3S3/c1-10-4-7-22-13(10)16-19-17(14-11(2)5-8-23-14)21-18(20-16)15-12(3)6-9-24-15/h4-9H,1-3H3. The van der Waals surface area contributed by atoms with E-state index >= 15 is 0 Å². The van der Waals surface area contributed by atoms with E-state index in [2.05, 4.69) is 55.1 Å². The molecule has 0 saturated carbocycles. The van der Waals surface area contributed by atoms with Crippen LogP contribution in [-0.2, 0) is 0 Å². The van der Waals surface area contributed by atoms with E-state index in [-0.39, 0.29) is 0 Å². The number of hydrogen-bond acceptors (Lipinski definition) is 6. The van der Waals surface area contributed by atoms with Crippen molar-refractivity contribution in [1.29, 1.82) is 0 Å². The molecule has 0 fully saturated rings. The molecule has 0 spiro atoms. The zero-order valence-electron chi connectivity index (χ0n) is 13.5. The van der Waals surface area contributed by atoms with Gasteiger partial charge in [0.05, 0.1) is 14.6 Å². The van der Waals surface area contributed by atoms with Crippen LogP contribution < -0.4 is 0 Å². The number of rotatable bonds is 3. The van der Waals surface area contributed by atoms with Crippen molar-refractivity contribution in [3.05, 3.63) is 51.0 Å². The lowest BCUT2D eigenvalue weighted by Gasteiger charge is -2.07. The topological polar surface area (TPSA) is 38.7 Å². The molecular weight excluding hydrogens is 354 g/mol. The Morgan fingerprint density at radius 2 is 0.833 bits per heavy atom. The molecule has 0 amide bonds. The van der Waals surface area contributed by atoms with E-state index < -0.39 is 0 Å². The molecule has 120 valence electrons. The molecule has 0 unspecified atom stereocenters. The third-order valence-corrected chi connectivity index (χ3v) is 6.87. The van der Waals surface area contributed by atoms with E-state index in [1.165, 1.54) is 16.7 Å². The monoisotopic (exact) mass is 369 g/mol. The summed E-state index contributed by atoms with van der Waals surface area (Å²) in [6.45, 7) is 6.30. The van der Waals surface area contributed by atoms with Crippen LogP contribution in [0.3, 0.4) is 0 Å². The summed E-state index contributed by atoms with van der Waals surface area (Å²) in [6.07, 6.45) is 0. The van der Waals surface area contributed by atoms with Crippen molar-refractivity contribution >= 4 is 34.0 Å². The molecule has 24 heavy (non-hydrogen) atoms. The number of thiophene rings is 3. The Labute approximate surface area is 152 Å². The lowest BCUT2D eigenvalue weighted by molar-refractivity contribution is 1.08. The van der Waals surface area contributed by atoms with Crippen LogP contribution in [0.15, 0.2) is 34.3 Å². The first-order valence-corrected chi connectivity index (χ1v) is 10.2. The molecule has 4 heterocycles. The second-order valence-electron chi connectivity index (χ2n) is 5.60. The van der Waals surface area contributed by atoms with Crippen LogP contribution in [0.25, 0.3) is 32.1 Å². The van der Waals surface area contributed by atoms with Crippen molar-refractivity contribution in [2.45, 2.75) is 20.8 Å². The Morgan fingerprint density at radius 1 is 0.542 bits per heavy atom. The van der Waals surface area contributed by atoms with Crippen LogP contribution >= 0.6 is 34.0 Å². The van der Waals surface area contributed by atoms with Gasteiger partial charge in [-0.3, -0.25) is 0 Å².